The molecule has 2 aliphatic rings. The number of rotatable bonds is 2. The minimum Gasteiger partial charge on any atom is -0.355 e. The molecule has 0 amide bonds. The van der Waals surface area contributed by atoms with Crippen molar-refractivity contribution in [3.05, 3.63) is 17.5 Å². The van der Waals surface area contributed by atoms with Crippen LogP contribution in [0.15, 0.2) is 10.6 Å². The van der Waals surface area contributed by atoms with E-state index in [1.165, 1.54) is 6.07 Å². The van der Waals surface area contributed by atoms with E-state index in [2.05, 4.69) is 10.5 Å². The Morgan fingerprint density at radius 2 is 2.47 bits per heavy atom. The Labute approximate surface area is 85.8 Å². The van der Waals surface area contributed by atoms with E-state index in [0.29, 0.717) is 11.6 Å². The van der Waals surface area contributed by atoms with Crippen LogP contribution < -0.4 is 5.32 Å². The summed E-state index contributed by atoms with van der Waals surface area (Å²) in [5.74, 6) is -2.71. The Morgan fingerprint density at radius 3 is 2.93 bits per heavy atom. The van der Waals surface area contributed by atoms with Crippen LogP contribution in [0.5, 0.6) is 0 Å². The van der Waals surface area contributed by atoms with Gasteiger partial charge < -0.3 is 9.84 Å². The Morgan fingerprint density at radius 1 is 1.67 bits per heavy atom. The lowest BCUT2D eigenvalue weighted by Gasteiger charge is -2.05. The van der Waals surface area contributed by atoms with Crippen LogP contribution in [0, 0.1) is 5.92 Å². The van der Waals surface area contributed by atoms with Gasteiger partial charge in [-0.05, 0) is 18.9 Å². The van der Waals surface area contributed by atoms with E-state index in [4.69, 9.17) is 4.52 Å². The summed E-state index contributed by atoms with van der Waals surface area (Å²) in [6.45, 7) is 2.62. The Hall–Kier alpha value is -0.970. The van der Waals surface area contributed by atoms with E-state index >= 15 is 0 Å². The number of aromatic nitrogens is 1. The highest BCUT2D eigenvalue weighted by molar-refractivity contribution is 5.32. The van der Waals surface area contributed by atoms with Gasteiger partial charge in [-0.3, -0.25) is 0 Å². The molecular formula is C10H12F2N2O. The van der Waals surface area contributed by atoms with Gasteiger partial charge in [-0.1, -0.05) is 5.16 Å². The summed E-state index contributed by atoms with van der Waals surface area (Å²) in [6.07, 6.45) is 1.04. The molecule has 1 aromatic rings. The number of halogens is 2. The van der Waals surface area contributed by atoms with Gasteiger partial charge in [-0.15, -0.1) is 0 Å². The molecule has 1 aromatic heterocycles. The predicted octanol–water partition coefficient (Wildman–Crippen LogP) is 1.65. The third-order valence-electron chi connectivity index (χ3n) is 3.52. The fourth-order valence-corrected chi connectivity index (χ4v) is 2.46. The van der Waals surface area contributed by atoms with Crippen molar-refractivity contribution in [2.45, 2.75) is 24.7 Å². The molecule has 0 spiro atoms. The second-order valence-electron chi connectivity index (χ2n) is 4.65. The molecule has 0 radical (unpaired) electrons. The Balaban J connectivity index is 1.92. The van der Waals surface area contributed by atoms with Crippen LogP contribution in [0.4, 0.5) is 8.78 Å². The maximum Gasteiger partial charge on any atom is 0.304 e. The molecule has 2 heterocycles. The van der Waals surface area contributed by atoms with Crippen molar-refractivity contribution < 1.29 is 13.3 Å². The van der Waals surface area contributed by atoms with E-state index in [0.717, 1.165) is 26.4 Å². The van der Waals surface area contributed by atoms with Gasteiger partial charge in [0.2, 0.25) is 5.76 Å². The molecule has 2 atom stereocenters. The molecular weight excluding hydrogens is 202 g/mol. The highest BCUT2D eigenvalue weighted by Gasteiger charge is 2.60. The first-order chi connectivity index (χ1) is 7.02. The van der Waals surface area contributed by atoms with E-state index in [-0.39, 0.29) is 11.2 Å². The number of alkyl halides is 2. The summed E-state index contributed by atoms with van der Waals surface area (Å²) >= 11 is 0. The normalized spacial score (nSPS) is 34.2. The molecule has 1 N–H and O–H groups in total. The number of nitrogens with one attached hydrogen (secondary N) is 1. The summed E-state index contributed by atoms with van der Waals surface area (Å²) in [6, 6.07) is 1.41. The number of hydrogen-bond acceptors (Lipinski definition) is 3. The van der Waals surface area contributed by atoms with Crippen molar-refractivity contribution in [3.63, 3.8) is 0 Å². The standard InChI is InChI=1S/C10H12F2N2O/c1-9(11,12)8-2-7(14-15-8)10-3-6(10)4-13-5-10/h2,6,13H,3-5H2,1H3. The van der Waals surface area contributed by atoms with Crippen LogP contribution in [-0.2, 0) is 11.3 Å². The highest BCUT2D eigenvalue weighted by atomic mass is 19.3. The Bertz CT molecular complexity index is 398. The highest BCUT2D eigenvalue weighted by Crippen LogP contribution is 2.56. The quantitative estimate of drug-likeness (QED) is 0.813. The molecule has 15 heavy (non-hydrogen) atoms. The third kappa shape index (κ3) is 1.22. The van der Waals surface area contributed by atoms with Gasteiger partial charge in [0.05, 0.1) is 5.69 Å². The van der Waals surface area contributed by atoms with Gasteiger partial charge in [-0.2, -0.15) is 8.78 Å². The molecule has 1 aliphatic carbocycles. The molecule has 0 aromatic carbocycles. The van der Waals surface area contributed by atoms with Gasteiger partial charge in [0.25, 0.3) is 0 Å². The van der Waals surface area contributed by atoms with Crippen LogP contribution >= 0.6 is 0 Å². The third-order valence-corrected chi connectivity index (χ3v) is 3.52. The predicted molar refractivity (Wildman–Crippen MR) is 48.7 cm³/mol. The molecule has 0 bridgehead atoms. The van der Waals surface area contributed by atoms with Gasteiger partial charge in [0.1, 0.15) is 0 Å². The zero-order valence-electron chi connectivity index (χ0n) is 8.39. The maximum absolute atomic E-state index is 12.9. The average Bonchev–Trinajstić information content (AvgIpc) is 2.63. The van der Waals surface area contributed by atoms with Gasteiger partial charge in [0, 0.05) is 24.9 Å². The molecule has 3 rings (SSSR count). The molecule has 82 valence electrons. The summed E-state index contributed by atoms with van der Waals surface area (Å²) in [5.41, 5.74) is 0.682. The van der Waals surface area contributed by atoms with Crippen molar-refractivity contribution in [2.75, 3.05) is 13.1 Å². The molecule has 1 saturated heterocycles. The minimum absolute atomic E-state index is 0.00694. The van der Waals surface area contributed by atoms with Gasteiger partial charge >= 0.3 is 5.92 Å². The molecule has 5 heteroatoms. The first-order valence-electron chi connectivity index (χ1n) is 5.09. The molecule has 1 saturated carbocycles. The zero-order chi connectivity index (χ0) is 10.7. The minimum atomic E-state index is -2.93. The molecule has 2 unspecified atom stereocenters. The zero-order valence-corrected chi connectivity index (χ0v) is 8.39. The van der Waals surface area contributed by atoms with Crippen LogP contribution in [0.3, 0.4) is 0 Å². The van der Waals surface area contributed by atoms with Crippen molar-refractivity contribution >= 4 is 0 Å². The fraction of sp³-hybridized carbons (Fsp3) is 0.700. The van der Waals surface area contributed by atoms with Crippen molar-refractivity contribution in [1.29, 1.82) is 0 Å². The summed E-state index contributed by atoms with van der Waals surface area (Å²) in [5, 5.41) is 7.02. The number of hydrogen-bond donors (Lipinski definition) is 1. The van der Waals surface area contributed by atoms with E-state index in [1.54, 1.807) is 0 Å². The SMILES string of the molecule is CC(F)(F)c1cc(C23CNCC2C3)no1. The fourth-order valence-electron chi connectivity index (χ4n) is 2.46. The van der Waals surface area contributed by atoms with Crippen LogP contribution in [-0.4, -0.2) is 18.2 Å². The van der Waals surface area contributed by atoms with Crippen LogP contribution in [0.25, 0.3) is 0 Å². The Kier molecular flexibility index (Phi) is 1.60. The number of nitrogens with zero attached hydrogens (tertiary/aromatic N) is 1. The second-order valence-corrected chi connectivity index (χ2v) is 4.65. The van der Waals surface area contributed by atoms with Gasteiger partial charge in [-0.25, -0.2) is 0 Å². The van der Waals surface area contributed by atoms with Crippen molar-refractivity contribution in [1.82, 2.24) is 10.5 Å². The smallest absolute Gasteiger partial charge is 0.304 e. The van der Waals surface area contributed by atoms with Gasteiger partial charge in [0.15, 0.2) is 0 Å². The summed E-state index contributed by atoms with van der Waals surface area (Å²) in [7, 11) is 0. The monoisotopic (exact) mass is 214 g/mol. The molecule has 3 nitrogen and oxygen atoms in total. The second kappa shape index (κ2) is 2.58. The first-order valence-corrected chi connectivity index (χ1v) is 5.09. The van der Waals surface area contributed by atoms with Crippen LogP contribution in [0.1, 0.15) is 24.8 Å². The maximum atomic E-state index is 12.9. The summed E-state index contributed by atoms with van der Waals surface area (Å²) < 4.78 is 30.6. The van der Waals surface area contributed by atoms with Crippen molar-refractivity contribution in [3.8, 4) is 0 Å². The van der Waals surface area contributed by atoms with Crippen molar-refractivity contribution in [2.24, 2.45) is 5.92 Å². The van der Waals surface area contributed by atoms with E-state index < -0.39 is 5.92 Å². The average molecular weight is 214 g/mol. The largest absolute Gasteiger partial charge is 0.355 e. The van der Waals surface area contributed by atoms with E-state index in [9.17, 15) is 8.78 Å². The molecule has 1 aliphatic heterocycles. The lowest BCUT2D eigenvalue weighted by molar-refractivity contribution is -0.0105. The van der Waals surface area contributed by atoms with Crippen LogP contribution in [0.2, 0.25) is 0 Å². The number of piperidine rings is 1. The summed E-state index contributed by atoms with van der Waals surface area (Å²) in [4.78, 5) is 0. The number of fused-ring (bicyclic) bond motifs is 1. The first kappa shape index (κ1) is 9.27. The molecule has 2 fully saturated rings. The lowest BCUT2D eigenvalue weighted by atomic mass is 10.0. The topological polar surface area (TPSA) is 38.1 Å². The lowest BCUT2D eigenvalue weighted by Crippen LogP contribution is -2.19. The van der Waals surface area contributed by atoms with E-state index in [1.807, 2.05) is 0 Å².